The van der Waals surface area contributed by atoms with Crippen LogP contribution >= 0.6 is 0 Å². The van der Waals surface area contributed by atoms with Gasteiger partial charge in [0.1, 0.15) is 0 Å². The Hall–Kier alpha value is -1.95. The molecule has 1 aromatic heterocycles. The van der Waals surface area contributed by atoms with Crippen LogP contribution in [0.5, 0.6) is 0 Å². The van der Waals surface area contributed by atoms with Gasteiger partial charge in [0, 0.05) is 25.8 Å². The third-order valence-electron chi connectivity index (χ3n) is 2.40. The van der Waals surface area contributed by atoms with Crippen molar-refractivity contribution in [3.05, 3.63) is 30.1 Å². The summed E-state index contributed by atoms with van der Waals surface area (Å²) >= 11 is 0. The maximum atomic E-state index is 10.5. The van der Waals surface area contributed by atoms with Gasteiger partial charge in [-0.3, -0.25) is 19.5 Å². The van der Waals surface area contributed by atoms with Crippen molar-refractivity contribution >= 4 is 11.9 Å². The number of pyridine rings is 1. The second kappa shape index (κ2) is 7.39. The Morgan fingerprint density at radius 3 is 2.17 bits per heavy atom. The minimum atomic E-state index is -0.892. The molecule has 0 atom stereocenters. The normalized spacial score (nSPS) is 10.5. The van der Waals surface area contributed by atoms with Crippen LogP contribution in [-0.4, -0.2) is 45.1 Å². The van der Waals surface area contributed by atoms with Crippen LogP contribution in [0.3, 0.4) is 0 Å². The first-order chi connectivity index (χ1) is 8.58. The van der Waals surface area contributed by atoms with Crippen molar-refractivity contribution in [3.8, 4) is 0 Å². The van der Waals surface area contributed by atoms with E-state index in [1.165, 1.54) is 0 Å². The lowest BCUT2D eigenvalue weighted by Gasteiger charge is -2.20. The van der Waals surface area contributed by atoms with E-state index in [2.05, 4.69) is 4.98 Å². The third-order valence-corrected chi connectivity index (χ3v) is 2.40. The molecular formula is C12H16N2O4. The predicted octanol–water partition coefficient (Wildman–Crippen LogP) is 0.833. The summed E-state index contributed by atoms with van der Waals surface area (Å²) in [7, 11) is 0. The molecule has 0 aliphatic heterocycles. The predicted molar refractivity (Wildman–Crippen MR) is 64.0 cm³/mol. The van der Waals surface area contributed by atoms with E-state index in [0.29, 0.717) is 19.6 Å². The summed E-state index contributed by atoms with van der Waals surface area (Å²) in [4.78, 5) is 27.0. The molecule has 0 radical (unpaired) electrons. The molecule has 1 heterocycles. The first kappa shape index (κ1) is 14.1. The minimum Gasteiger partial charge on any atom is -0.481 e. The van der Waals surface area contributed by atoms with Crippen molar-refractivity contribution in [2.75, 3.05) is 13.1 Å². The molecule has 0 bridgehead atoms. The summed E-state index contributed by atoms with van der Waals surface area (Å²) in [6.07, 6.45) is 1.64. The van der Waals surface area contributed by atoms with Gasteiger partial charge in [-0.1, -0.05) is 6.07 Å². The van der Waals surface area contributed by atoms with E-state index < -0.39 is 11.9 Å². The van der Waals surface area contributed by atoms with Crippen molar-refractivity contribution in [2.24, 2.45) is 0 Å². The van der Waals surface area contributed by atoms with Crippen LogP contribution in [-0.2, 0) is 16.1 Å². The molecule has 0 fully saturated rings. The molecular weight excluding hydrogens is 236 g/mol. The Balaban J connectivity index is 2.53. The molecule has 98 valence electrons. The van der Waals surface area contributed by atoms with Crippen LogP contribution in [0.1, 0.15) is 18.5 Å². The summed E-state index contributed by atoms with van der Waals surface area (Å²) in [6.45, 7) is 1.10. The molecule has 0 aliphatic rings. The van der Waals surface area contributed by atoms with Gasteiger partial charge in [0.15, 0.2) is 0 Å². The molecule has 0 aliphatic carbocycles. The van der Waals surface area contributed by atoms with Crippen LogP contribution in [0.2, 0.25) is 0 Å². The fraction of sp³-hybridized carbons (Fsp3) is 0.417. The molecule has 0 saturated carbocycles. The Kier molecular flexibility index (Phi) is 5.79. The fourth-order valence-corrected chi connectivity index (χ4v) is 1.50. The number of carbonyl (C=O) groups is 2. The molecule has 0 aromatic carbocycles. The van der Waals surface area contributed by atoms with E-state index in [9.17, 15) is 9.59 Å². The first-order valence-corrected chi connectivity index (χ1v) is 5.64. The fourth-order valence-electron chi connectivity index (χ4n) is 1.50. The summed E-state index contributed by atoms with van der Waals surface area (Å²) in [5, 5.41) is 17.3. The quantitative estimate of drug-likeness (QED) is 0.712. The highest BCUT2D eigenvalue weighted by atomic mass is 16.4. The Morgan fingerprint density at radius 2 is 1.72 bits per heavy atom. The van der Waals surface area contributed by atoms with Crippen LogP contribution < -0.4 is 0 Å². The van der Waals surface area contributed by atoms with Crippen molar-refractivity contribution in [3.63, 3.8) is 0 Å². The number of carboxylic acid groups (broad SMARTS) is 2. The molecule has 0 unspecified atom stereocenters. The van der Waals surface area contributed by atoms with Gasteiger partial charge in [-0.2, -0.15) is 0 Å². The van der Waals surface area contributed by atoms with Gasteiger partial charge in [0.25, 0.3) is 0 Å². The molecule has 0 spiro atoms. The van der Waals surface area contributed by atoms with Gasteiger partial charge in [-0.25, -0.2) is 0 Å². The zero-order valence-electron chi connectivity index (χ0n) is 9.95. The molecule has 0 saturated heterocycles. The highest BCUT2D eigenvalue weighted by Crippen LogP contribution is 2.03. The average molecular weight is 252 g/mol. The topological polar surface area (TPSA) is 90.7 Å². The second-order valence-electron chi connectivity index (χ2n) is 3.88. The summed E-state index contributed by atoms with van der Waals surface area (Å²) in [5.74, 6) is -1.78. The van der Waals surface area contributed by atoms with Gasteiger partial charge in [0.2, 0.25) is 0 Å². The average Bonchev–Trinajstić information content (AvgIpc) is 2.33. The number of aliphatic carboxylic acids is 2. The molecule has 6 heteroatoms. The van der Waals surface area contributed by atoms with Crippen LogP contribution in [0, 0.1) is 0 Å². The van der Waals surface area contributed by atoms with Crippen molar-refractivity contribution in [1.29, 1.82) is 0 Å². The summed E-state index contributed by atoms with van der Waals surface area (Å²) in [5.41, 5.74) is 0.799. The number of rotatable bonds is 8. The van der Waals surface area contributed by atoms with Crippen LogP contribution in [0.25, 0.3) is 0 Å². The van der Waals surface area contributed by atoms with E-state index in [1.54, 1.807) is 17.2 Å². The number of aromatic nitrogens is 1. The molecule has 1 aromatic rings. The lowest BCUT2D eigenvalue weighted by atomic mass is 10.3. The summed E-state index contributed by atoms with van der Waals surface area (Å²) < 4.78 is 0. The Bertz CT molecular complexity index is 376. The largest absolute Gasteiger partial charge is 0.481 e. The van der Waals surface area contributed by atoms with E-state index in [-0.39, 0.29) is 12.8 Å². The number of hydrogen-bond donors (Lipinski definition) is 2. The third kappa shape index (κ3) is 5.95. The molecule has 1 rings (SSSR count). The molecule has 6 nitrogen and oxygen atoms in total. The second-order valence-corrected chi connectivity index (χ2v) is 3.88. The zero-order chi connectivity index (χ0) is 13.4. The standard InChI is InChI=1S/C12H16N2O4/c15-11(16)4-7-14(8-5-12(17)18)9-10-3-1-2-6-13-10/h1-3,6H,4-5,7-9H2,(H,15,16)(H,17,18). The lowest BCUT2D eigenvalue weighted by molar-refractivity contribution is -0.137. The van der Waals surface area contributed by atoms with Gasteiger partial charge in [0.05, 0.1) is 18.5 Å². The smallest absolute Gasteiger partial charge is 0.304 e. The number of nitrogens with zero attached hydrogens (tertiary/aromatic N) is 2. The SMILES string of the molecule is O=C(O)CCN(CCC(=O)O)Cc1ccccn1. The molecule has 18 heavy (non-hydrogen) atoms. The van der Waals surface area contributed by atoms with Crippen molar-refractivity contribution in [1.82, 2.24) is 9.88 Å². The van der Waals surface area contributed by atoms with Gasteiger partial charge in [-0.15, -0.1) is 0 Å². The number of carboxylic acids is 2. The Labute approximate surface area is 105 Å². The highest BCUT2D eigenvalue weighted by Gasteiger charge is 2.10. The van der Waals surface area contributed by atoms with Crippen LogP contribution in [0.15, 0.2) is 24.4 Å². The van der Waals surface area contributed by atoms with Crippen molar-refractivity contribution < 1.29 is 19.8 Å². The molecule has 2 N–H and O–H groups in total. The van der Waals surface area contributed by atoms with E-state index in [0.717, 1.165) is 5.69 Å². The monoisotopic (exact) mass is 252 g/mol. The van der Waals surface area contributed by atoms with E-state index in [4.69, 9.17) is 10.2 Å². The number of hydrogen-bond acceptors (Lipinski definition) is 4. The molecule has 0 amide bonds. The van der Waals surface area contributed by atoms with Gasteiger partial charge >= 0.3 is 11.9 Å². The van der Waals surface area contributed by atoms with Gasteiger partial charge in [-0.05, 0) is 12.1 Å². The Morgan fingerprint density at radius 1 is 1.11 bits per heavy atom. The van der Waals surface area contributed by atoms with Crippen LogP contribution in [0.4, 0.5) is 0 Å². The minimum absolute atomic E-state index is 0.00749. The maximum Gasteiger partial charge on any atom is 0.304 e. The van der Waals surface area contributed by atoms with E-state index in [1.807, 2.05) is 12.1 Å². The lowest BCUT2D eigenvalue weighted by Crippen LogP contribution is -2.28. The highest BCUT2D eigenvalue weighted by molar-refractivity contribution is 5.67. The zero-order valence-corrected chi connectivity index (χ0v) is 9.95. The first-order valence-electron chi connectivity index (χ1n) is 5.64. The summed E-state index contributed by atoms with van der Waals surface area (Å²) in [6, 6.07) is 5.46. The maximum absolute atomic E-state index is 10.5. The van der Waals surface area contributed by atoms with Crippen molar-refractivity contribution in [2.45, 2.75) is 19.4 Å². The van der Waals surface area contributed by atoms with Gasteiger partial charge < -0.3 is 10.2 Å². The van der Waals surface area contributed by atoms with E-state index >= 15 is 0 Å².